The van der Waals surface area contributed by atoms with Gasteiger partial charge in [-0.3, -0.25) is 19.3 Å². The highest BCUT2D eigenvalue weighted by Gasteiger charge is 2.77. The number of ketones is 2. The molecule has 1 fully saturated rings. The number of fused-ring (bicyclic) bond motifs is 4. The van der Waals surface area contributed by atoms with Gasteiger partial charge in [-0.05, 0) is 35.0 Å². The lowest BCUT2D eigenvalue weighted by molar-refractivity contribution is -0.124. The average molecular weight is 459 g/mol. The standard InChI is InChI=1S/C30H22N2O3/c1-32-17-23(26(33)19-9-3-2-4-10-19)29(21-14-5-6-16-24(21)31-28(29)35)30(32)22-15-8-12-18-11-7-13-20(25(18)22)27(30)34/h2-16,23H,17H2,1H3,(H,31,35)/t23-,29+,30+/m0/s1. The number of hydrogen-bond donors (Lipinski definition) is 1. The van der Waals surface area contributed by atoms with E-state index in [1.807, 2.05) is 90.8 Å². The van der Waals surface area contributed by atoms with Crippen molar-refractivity contribution in [2.24, 2.45) is 5.92 Å². The Labute approximate surface area is 202 Å². The van der Waals surface area contributed by atoms with Gasteiger partial charge in [-0.15, -0.1) is 0 Å². The minimum Gasteiger partial charge on any atom is -0.325 e. The van der Waals surface area contributed by atoms with Crippen molar-refractivity contribution in [1.82, 2.24) is 4.90 Å². The molecule has 3 atom stereocenters. The second-order valence-corrected chi connectivity index (χ2v) is 9.72. The van der Waals surface area contributed by atoms with E-state index in [-0.39, 0.29) is 24.0 Å². The van der Waals surface area contributed by atoms with Crippen LogP contribution in [-0.2, 0) is 15.7 Å². The first-order chi connectivity index (χ1) is 17.0. The van der Waals surface area contributed by atoms with Gasteiger partial charge < -0.3 is 5.32 Å². The van der Waals surface area contributed by atoms with Crippen molar-refractivity contribution in [3.8, 4) is 0 Å². The summed E-state index contributed by atoms with van der Waals surface area (Å²) in [5.41, 5.74) is 0.580. The van der Waals surface area contributed by atoms with Crippen molar-refractivity contribution >= 4 is 33.9 Å². The Balaban J connectivity index is 1.61. The molecule has 170 valence electrons. The SMILES string of the molecule is CN1C[C@@H](C(=O)c2ccccc2)[C@]2(C(=O)Nc3ccccc32)[C@@]12C(=O)c1cccc3cccc2c13. The summed E-state index contributed by atoms with van der Waals surface area (Å²) in [5, 5.41) is 4.88. The van der Waals surface area contributed by atoms with Crippen LogP contribution in [0.2, 0.25) is 0 Å². The molecule has 1 N–H and O–H groups in total. The Kier molecular flexibility index (Phi) is 3.91. The molecule has 0 unspecified atom stereocenters. The van der Waals surface area contributed by atoms with Gasteiger partial charge in [0.25, 0.3) is 0 Å². The van der Waals surface area contributed by atoms with Crippen molar-refractivity contribution in [3.63, 3.8) is 0 Å². The summed E-state index contributed by atoms with van der Waals surface area (Å²) in [6.07, 6.45) is 0. The van der Waals surface area contributed by atoms with Crippen LogP contribution >= 0.6 is 0 Å². The van der Waals surface area contributed by atoms with Gasteiger partial charge in [-0.25, -0.2) is 0 Å². The molecule has 2 spiro atoms. The monoisotopic (exact) mass is 458 g/mol. The van der Waals surface area contributed by atoms with Gasteiger partial charge in [0.15, 0.2) is 11.6 Å². The first kappa shape index (κ1) is 20.3. The molecule has 4 aromatic rings. The Morgan fingerprint density at radius 3 is 2.34 bits per heavy atom. The van der Waals surface area contributed by atoms with Crippen LogP contribution in [0.1, 0.15) is 31.8 Å². The molecule has 5 nitrogen and oxygen atoms in total. The normalized spacial score (nSPS) is 26.6. The summed E-state index contributed by atoms with van der Waals surface area (Å²) in [5.74, 6) is -1.29. The van der Waals surface area contributed by atoms with E-state index < -0.39 is 16.9 Å². The van der Waals surface area contributed by atoms with E-state index in [4.69, 9.17) is 0 Å². The lowest BCUT2D eigenvalue weighted by Gasteiger charge is -2.44. The number of carbonyl (C=O) groups excluding carboxylic acids is 3. The highest BCUT2D eigenvalue weighted by atomic mass is 16.2. The zero-order chi connectivity index (χ0) is 23.9. The van der Waals surface area contributed by atoms with E-state index in [0.29, 0.717) is 22.4 Å². The second-order valence-electron chi connectivity index (χ2n) is 9.72. The molecular formula is C30H22N2O3. The lowest BCUT2D eigenvalue weighted by atomic mass is 9.57. The number of carbonyl (C=O) groups is 3. The van der Waals surface area contributed by atoms with Gasteiger partial charge in [-0.1, -0.05) is 84.9 Å². The molecule has 1 amide bonds. The van der Waals surface area contributed by atoms with Crippen LogP contribution < -0.4 is 5.32 Å². The quantitative estimate of drug-likeness (QED) is 0.447. The summed E-state index contributed by atoms with van der Waals surface area (Å²) in [7, 11) is 1.87. The molecule has 2 heterocycles. The Bertz CT molecular complexity index is 1590. The maximum absolute atomic E-state index is 14.6. The van der Waals surface area contributed by atoms with Gasteiger partial charge >= 0.3 is 0 Å². The van der Waals surface area contributed by atoms with Crippen LogP contribution in [0.5, 0.6) is 0 Å². The van der Waals surface area contributed by atoms with E-state index >= 15 is 0 Å². The molecule has 0 bridgehead atoms. The van der Waals surface area contributed by atoms with Crippen LogP contribution in [0.25, 0.3) is 10.8 Å². The molecule has 1 saturated heterocycles. The highest BCUT2D eigenvalue weighted by molar-refractivity contribution is 6.26. The van der Waals surface area contributed by atoms with E-state index in [9.17, 15) is 14.4 Å². The Morgan fingerprint density at radius 2 is 1.54 bits per heavy atom. The number of Topliss-reactive ketones (excluding diaryl/α,β-unsaturated/α-hetero) is 2. The molecule has 0 aromatic heterocycles. The molecule has 2 aliphatic heterocycles. The number of nitrogens with one attached hydrogen (secondary N) is 1. The number of nitrogens with zero attached hydrogens (tertiary/aromatic N) is 1. The minimum absolute atomic E-state index is 0.123. The third-order valence-electron chi connectivity index (χ3n) is 8.32. The molecule has 0 radical (unpaired) electrons. The third kappa shape index (κ3) is 2.16. The molecule has 5 heteroatoms. The predicted molar refractivity (Wildman–Crippen MR) is 134 cm³/mol. The summed E-state index contributed by atoms with van der Waals surface area (Å²) in [6.45, 7) is 0.283. The minimum atomic E-state index is -1.41. The van der Waals surface area contributed by atoms with Crippen LogP contribution in [0, 0.1) is 5.92 Å². The second kappa shape index (κ2) is 6.74. The summed E-state index contributed by atoms with van der Waals surface area (Å²) in [6, 6.07) is 28.2. The third-order valence-corrected chi connectivity index (χ3v) is 8.32. The van der Waals surface area contributed by atoms with Crippen molar-refractivity contribution in [2.45, 2.75) is 11.0 Å². The van der Waals surface area contributed by atoms with E-state index in [1.54, 1.807) is 12.1 Å². The maximum atomic E-state index is 14.6. The molecule has 1 aliphatic carbocycles. The maximum Gasteiger partial charge on any atom is 0.238 e. The average Bonchev–Trinajstić information content (AvgIpc) is 3.45. The van der Waals surface area contributed by atoms with Gasteiger partial charge in [0.05, 0.1) is 5.92 Å². The van der Waals surface area contributed by atoms with Gasteiger partial charge in [-0.2, -0.15) is 0 Å². The summed E-state index contributed by atoms with van der Waals surface area (Å²) < 4.78 is 0. The fraction of sp³-hybridized carbons (Fsp3) is 0.167. The number of likely N-dealkylation sites (tertiary alicyclic amines) is 1. The zero-order valence-electron chi connectivity index (χ0n) is 19.1. The highest BCUT2D eigenvalue weighted by Crippen LogP contribution is 2.65. The van der Waals surface area contributed by atoms with Crippen molar-refractivity contribution < 1.29 is 14.4 Å². The zero-order valence-corrected chi connectivity index (χ0v) is 19.1. The summed E-state index contributed by atoms with van der Waals surface area (Å²) in [4.78, 5) is 45.0. The first-order valence-electron chi connectivity index (χ1n) is 11.8. The van der Waals surface area contributed by atoms with Gasteiger partial charge in [0.1, 0.15) is 11.0 Å². The number of rotatable bonds is 2. The van der Waals surface area contributed by atoms with Crippen LogP contribution in [0.4, 0.5) is 5.69 Å². The number of benzene rings is 4. The smallest absolute Gasteiger partial charge is 0.238 e. The Hall–Kier alpha value is -4.09. The first-order valence-corrected chi connectivity index (χ1v) is 11.8. The number of hydrogen-bond acceptors (Lipinski definition) is 4. The van der Waals surface area contributed by atoms with Gasteiger partial charge in [0, 0.05) is 23.4 Å². The van der Waals surface area contributed by atoms with Crippen LogP contribution in [-0.4, -0.2) is 36.0 Å². The predicted octanol–water partition coefficient (Wildman–Crippen LogP) is 4.57. The fourth-order valence-electron chi connectivity index (χ4n) is 7.09. The molecule has 7 rings (SSSR count). The van der Waals surface area contributed by atoms with Crippen molar-refractivity contribution in [1.29, 1.82) is 0 Å². The molecule has 4 aromatic carbocycles. The van der Waals surface area contributed by atoms with Crippen LogP contribution in [0.3, 0.4) is 0 Å². The number of para-hydroxylation sites is 1. The van der Waals surface area contributed by atoms with E-state index in [1.165, 1.54) is 0 Å². The lowest BCUT2D eigenvalue weighted by Crippen LogP contribution is -2.61. The van der Waals surface area contributed by atoms with E-state index in [0.717, 1.165) is 16.3 Å². The van der Waals surface area contributed by atoms with Crippen LogP contribution in [0.15, 0.2) is 91.0 Å². The van der Waals surface area contributed by atoms with Crippen molar-refractivity contribution in [2.75, 3.05) is 18.9 Å². The summed E-state index contributed by atoms with van der Waals surface area (Å²) >= 11 is 0. The largest absolute Gasteiger partial charge is 0.325 e. The Morgan fingerprint density at radius 1 is 0.857 bits per heavy atom. The number of likely N-dealkylation sites (N-methyl/N-ethyl adjacent to an activating group) is 1. The topological polar surface area (TPSA) is 66.5 Å². The van der Waals surface area contributed by atoms with Crippen molar-refractivity contribution in [3.05, 3.63) is 113 Å². The number of amides is 1. The number of anilines is 1. The molecule has 3 aliphatic rings. The fourth-order valence-corrected chi connectivity index (χ4v) is 7.09. The van der Waals surface area contributed by atoms with E-state index in [2.05, 4.69) is 5.32 Å². The van der Waals surface area contributed by atoms with Gasteiger partial charge in [0.2, 0.25) is 5.91 Å². The molecule has 35 heavy (non-hydrogen) atoms. The molecule has 0 saturated carbocycles. The molecular weight excluding hydrogens is 436 g/mol.